The zero-order chi connectivity index (χ0) is 16.1. The standard InChI is InChI=1S/C17H26N2O3/c1-4-21-15-7-6-14(9-16(15)22-5-2)17(20)19-11-13(10-18)8-12(19)3/h6-7,9,12-13H,4-5,8,10-11,18H2,1-3H3. The van der Waals surface area contributed by atoms with E-state index in [-0.39, 0.29) is 11.9 Å². The highest BCUT2D eigenvalue weighted by molar-refractivity contribution is 5.95. The van der Waals surface area contributed by atoms with Crippen LogP contribution in [0.5, 0.6) is 11.5 Å². The molecule has 2 unspecified atom stereocenters. The molecular weight excluding hydrogens is 280 g/mol. The molecule has 1 amide bonds. The molecular formula is C17H26N2O3. The lowest BCUT2D eigenvalue weighted by Crippen LogP contribution is -2.34. The van der Waals surface area contributed by atoms with Crippen LogP contribution < -0.4 is 15.2 Å². The van der Waals surface area contributed by atoms with Crippen molar-refractivity contribution >= 4 is 5.91 Å². The summed E-state index contributed by atoms with van der Waals surface area (Å²) in [6.07, 6.45) is 0.970. The Morgan fingerprint density at radius 1 is 1.27 bits per heavy atom. The third-order valence-corrected chi connectivity index (χ3v) is 4.05. The zero-order valence-electron chi connectivity index (χ0n) is 13.7. The minimum absolute atomic E-state index is 0.0347. The first-order valence-electron chi connectivity index (χ1n) is 8.01. The van der Waals surface area contributed by atoms with Gasteiger partial charge in [-0.2, -0.15) is 0 Å². The molecule has 0 saturated carbocycles. The number of hydrogen-bond acceptors (Lipinski definition) is 4. The molecule has 1 saturated heterocycles. The number of likely N-dealkylation sites (tertiary alicyclic amines) is 1. The number of ether oxygens (including phenoxy) is 2. The summed E-state index contributed by atoms with van der Waals surface area (Å²) in [5.74, 6) is 1.73. The van der Waals surface area contributed by atoms with Gasteiger partial charge in [-0.15, -0.1) is 0 Å². The van der Waals surface area contributed by atoms with E-state index in [4.69, 9.17) is 15.2 Å². The lowest BCUT2D eigenvalue weighted by Gasteiger charge is -2.22. The van der Waals surface area contributed by atoms with Gasteiger partial charge in [0.15, 0.2) is 11.5 Å². The van der Waals surface area contributed by atoms with Crippen LogP contribution in [0.4, 0.5) is 0 Å². The highest BCUT2D eigenvalue weighted by Crippen LogP contribution is 2.30. The molecule has 0 aromatic heterocycles. The molecule has 5 heteroatoms. The molecule has 0 spiro atoms. The number of nitrogens with zero attached hydrogens (tertiary/aromatic N) is 1. The lowest BCUT2D eigenvalue weighted by molar-refractivity contribution is 0.0743. The first-order valence-corrected chi connectivity index (χ1v) is 8.01. The SMILES string of the molecule is CCOc1ccc(C(=O)N2CC(CN)CC2C)cc1OCC. The average molecular weight is 306 g/mol. The Kier molecular flexibility index (Phi) is 5.66. The summed E-state index contributed by atoms with van der Waals surface area (Å²) in [6, 6.07) is 5.61. The van der Waals surface area contributed by atoms with Gasteiger partial charge < -0.3 is 20.1 Å². The van der Waals surface area contributed by atoms with E-state index in [1.165, 1.54) is 0 Å². The molecule has 0 radical (unpaired) electrons. The summed E-state index contributed by atoms with van der Waals surface area (Å²) in [7, 11) is 0. The number of carbonyl (C=O) groups excluding carboxylic acids is 1. The van der Waals surface area contributed by atoms with Crippen LogP contribution in [0.15, 0.2) is 18.2 Å². The minimum Gasteiger partial charge on any atom is -0.490 e. The number of benzene rings is 1. The monoisotopic (exact) mass is 306 g/mol. The van der Waals surface area contributed by atoms with E-state index >= 15 is 0 Å². The fraction of sp³-hybridized carbons (Fsp3) is 0.588. The van der Waals surface area contributed by atoms with Crippen molar-refractivity contribution in [2.45, 2.75) is 33.2 Å². The van der Waals surface area contributed by atoms with Crippen molar-refractivity contribution in [3.8, 4) is 11.5 Å². The highest BCUT2D eigenvalue weighted by Gasteiger charge is 2.32. The van der Waals surface area contributed by atoms with Gasteiger partial charge in [-0.3, -0.25) is 4.79 Å². The topological polar surface area (TPSA) is 64.8 Å². The van der Waals surface area contributed by atoms with Gasteiger partial charge in [-0.25, -0.2) is 0 Å². The maximum absolute atomic E-state index is 12.7. The molecule has 1 heterocycles. The molecule has 2 N–H and O–H groups in total. The maximum atomic E-state index is 12.7. The summed E-state index contributed by atoms with van der Waals surface area (Å²) in [4.78, 5) is 14.6. The molecule has 5 nitrogen and oxygen atoms in total. The van der Waals surface area contributed by atoms with Crippen molar-refractivity contribution in [2.75, 3.05) is 26.3 Å². The van der Waals surface area contributed by atoms with E-state index in [0.29, 0.717) is 42.7 Å². The van der Waals surface area contributed by atoms with E-state index in [9.17, 15) is 4.79 Å². The average Bonchev–Trinajstić information content (AvgIpc) is 2.90. The number of nitrogens with two attached hydrogens (primary N) is 1. The third kappa shape index (κ3) is 3.53. The molecule has 0 aliphatic carbocycles. The molecule has 1 aromatic rings. The van der Waals surface area contributed by atoms with Crippen LogP contribution in [0, 0.1) is 5.92 Å². The van der Waals surface area contributed by atoms with Crippen molar-refractivity contribution in [1.82, 2.24) is 4.90 Å². The summed E-state index contributed by atoms with van der Waals surface area (Å²) >= 11 is 0. The van der Waals surface area contributed by atoms with Crippen LogP contribution in [0.2, 0.25) is 0 Å². The highest BCUT2D eigenvalue weighted by atomic mass is 16.5. The first kappa shape index (κ1) is 16.6. The summed E-state index contributed by atoms with van der Waals surface area (Å²) in [5.41, 5.74) is 6.38. The Morgan fingerprint density at radius 2 is 1.95 bits per heavy atom. The molecule has 1 fully saturated rings. The first-order chi connectivity index (χ1) is 10.6. The summed E-state index contributed by atoms with van der Waals surface area (Å²) in [6.45, 7) is 8.37. The Labute approximate surface area is 132 Å². The van der Waals surface area contributed by atoms with E-state index < -0.39 is 0 Å². The normalized spacial score (nSPS) is 21.0. The van der Waals surface area contributed by atoms with Crippen LogP contribution in [0.1, 0.15) is 37.6 Å². The Hall–Kier alpha value is -1.75. The van der Waals surface area contributed by atoms with Gasteiger partial charge >= 0.3 is 0 Å². The molecule has 1 aromatic carbocycles. The minimum atomic E-state index is 0.0347. The quantitative estimate of drug-likeness (QED) is 0.876. The Balaban J connectivity index is 2.21. The largest absolute Gasteiger partial charge is 0.490 e. The molecule has 2 rings (SSSR count). The van der Waals surface area contributed by atoms with Gasteiger partial charge in [0, 0.05) is 18.2 Å². The fourth-order valence-corrected chi connectivity index (χ4v) is 2.95. The van der Waals surface area contributed by atoms with E-state index in [1.54, 1.807) is 12.1 Å². The second-order valence-corrected chi connectivity index (χ2v) is 5.67. The smallest absolute Gasteiger partial charge is 0.254 e. The second-order valence-electron chi connectivity index (χ2n) is 5.67. The Bertz CT molecular complexity index is 519. The fourth-order valence-electron chi connectivity index (χ4n) is 2.95. The van der Waals surface area contributed by atoms with Crippen LogP contribution in [0.25, 0.3) is 0 Å². The number of rotatable bonds is 6. The van der Waals surface area contributed by atoms with Crippen molar-refractivity contribution in [2.24, 2.45) is 11.7 Å². The van der Waals surface area contributed by atoms with Crippen molar-refractivity contribution in [3.63, 3.8) is 0 Å². The summed E-state index contributed by atoms with van der Waals surface area (Å²) in [5, 5.41) is 0. The van der Waals surface area contributed by atoms with Crippen LogP contribution in [-0.4, -0.2) is 43.2 Å². The number of hydrogen-bond donors (Lipinski definition) is 1. The Morgan fingerprint density at radius 3 is 2.55 bits per heavy atom. The predicted molar refractivity (Wildman–Crippen MR) is 86.4 cm³/mol. The van der Waals surface area contributed by atoms with Crippen molar-refractivity contribution in [3.05, 3.63) is 23.8 Å². The number of amides is 1. The molecule has 122 valence electrons. The molecule has 1 aliphatic heterocycles. The lowest BCUT2D eigenvalue weighted by atomic mass is 10.1. The van der Waals surface area contributed by atoms with E-state index in [1.807, 2.05) is 24.8 Å². The van der Waals surface area contributed by atoms with Gasteiger partial charge in [-0.05, 0) is 57.9 Å². The predicted octanol–water partition coefficient (Wildman–Crippen LogP) is 2.29. The van der Waals surface area contributed by atoms with Gasteiger partial charge in [0.25, 0.3) is 5.91 Å². The molecule has 1 aliphatic rings. The van der Waals surface area contributed by atoms with Gasteiger partial charge in [0.2, 0.25) is 0 Å². The molecule has 22 heavy (non-hydrogen) atoms. The summed E-state index contributed by atoms with van der Waals surface area (Å²) < 4.78 is 11.1. The second kappa shape index (κ2) is 7.49. The third-order valence-electron chi connectivity index (χ3n) is 4.05. The van der Waals surface area contributed by atoms with Crippen molar-refractivity contribution in [1.29, 1.82) is 0 Å². The van der Waals surface area contributed by atoms with Crippen molar-refractivity contribution < 1.29 is 14.3 Å². The molecule has 0 bridgehead atoms. The van der Waals surface area contributed by atoms with Crippen LogP contribution in [-0.2, 0) is 0 Å². The van der Waals surface area contributed by atoms with E-state index in [0.717, 1.165) is 13.0 Å². The van der Waals surface area contributed by atoms with Gasteiger partial charge in [-0.1, -0.05) is 0 Å². The zero-order valence-corrected chi connectivity index (χ0v) is 13.7. The van der Waals surface area contributed by atoms with Crippen LogP contribution >= 0.6 is 0 Å². The van der Waals surface area contributed by atoms with Gasteiger partial charge in [0.05, 0.1) is 13.2 Å². The maximum Gasteiger partial charge on any atom is 0.254 e. The molecule has 2 atom stereocenters. The van der Waals surface area contributed by atoms with E-state index in [2.05, 4.69) is 6.92 Å². The van der Waals surface area contributed by atoms with Gasteiger partial charge in [0.1, 0.15) is 0 Å². The van der Waals surface area contributed by atoms with Crippen LogP contribution in [0.3, 0.4) is 0 Å². The number of carbonyl (C=O) groups is 1.